The molecule has 0 aliphatic carbocycles. The first-order chi connectivity index (χ1) is 15.4. The van der Waals surface area contributed by atoms with Gasteiger partial charge >= 0.3 is 0 Å². The Kier molecular flexibility index (Phi) is 5.77. The molecule has 0 saturated carbocycles. The van der Waals surface area contributed by atoms with E-state index >= 15 is 0 Å². The number of aromatic amines is 1. The summed E-state index contributed by atoms with van der Waals surface area (Å²) < 4.78 is 31.7. The number of nitrogens with one attached hydrogen (secondary N) is 1. The smallest absolute Gasteiger partial charge is 0.296 e. The Morgan fingerprint density at radius 1 is 0.750 bits per heavy atom. The number of para-hydroxylation sites is 3. The number of nitrogen functional groups attached to an aromatic ring is 1. The van der Waals surface area contributed by atoms with Gasteiger partial charge in [0, 0.05) is 33.1 Å². The van der Waals surface area contributed by atoms with Crippen molar-refractivity contribution in [1.29, 1.82) is 0 Å². The molecule has 5 rings (SSSR count). The van der Waals surface area contributed by atoms with Gasteiger partial charge in [-0.2, -0.15) is 8.42 Å². The first kappa shape index (κ1) is 21.3. The standard InChI is InChI=1S/C13H11NO.C12H9NO3S/c14-12-9-5-4-8-11(12)13(15)10-6-2-1-3-7-10;14-17(15,16)11-7-3-5-9-8-4-1-2-6-10(8)13-12(9)11/h1-9H,14H2;1-7,13H,(H,14,15,16). The van der Waals surface area contributed by atoms with Gasteiger partial charge in [-0.1, -0.05) is 72.8 Å². The Morgan fingerprint density at radius 3 is 2.09 bits per heavy atom. The number of ketones is 1. The summed E-state index contributed by atoms with van der Waals surface area (Å²) in [6, 6.07) is 28.6. The van der Waals surface area contributed by atoms with Crippen LogP contribution in [0.5, 0.6) is 0 Å². The Balaban J connectivity index is 0.000000155. The molecule has 1 heterocycles. The van der Waals surface area contributed by atoms with Crippen LogP contribution in [0, 0.1) is 0 Å². The van der Waals surface area contributed by atoms with E-state index in [1.807, 2.05) is 60.7 Å². The van der Waals surface area contributed by atoms with E-state index in [-0.39, 0.29) is 10.7 Å². The maximum Gasteiger partial charge on any atom is 0.296 e. The van der Waals surface area contributed by atoms with Gasteiger partial charge in [-0.05, 0) is 24.3 Å². The second-order valence-electron chi connectivity index (χ2n) is 7.11. The third-order valence-corrected chi connectivity index (χ3v) is 5.92. The van der Waals surface area contributed by atoms with Crippen LogP contribution in [0.15, 0.2) is 102 Å². The van der Waals surface area contributed by atoms with Crippen molar-refractivity contribution in [2.24, 2.45) is 0 Å². The molecule has 7 heteroatoms. The molecule has 0 unspecified atom stereocenters. The van der Waals surface area contributed by atoms with Gasteiger partial charge in [-0.25, -0.2) is 0 Å². The molecule has 5 aromatic rings. The minimum absolute atomic E-state index is 0.0336. The van der Waals surface area contributed by atoms with Gasteiger partial charge in [0.05, 0.1) is 5.52 Å². The lowest BCUT2D eigenvalue weighted by Crippen LogP contribution is -2.04. The number of anilines is 1. The molecule has 0 bridgehead atoms. The molecular formula is C25H20N2O4S. The number of carbonyl (C=O) groups excluding carboxylic acids is 1. The number of hydrogen-bond acceptors (Lipinski definition) is 4. The maximum atomic E-state index is 12.0. The lowest BCUT2D eigenvalue weighted by molar-refractivity contribution is 0.103. The van der Waals surface area contributed by atoms with Gasteiger partial charge in [0.15, 0.2) is 5.78 Å². The van der Waals surface area contributed by atoms with Crippen LogP contribution in [0.3, 0.4) is 0 Å². The van der Waals surface area contributed by atoms with Crippen LogP contribution in [0.1, 0.15) is 15.9 Å². The highest BCUT2D eigenvalue weighted by Gasteiger charge is 2.16. The van der Waals surface area contributed by atoms with Crippen LogP contribution in [-0.2, 0) is 10.1 Å². The van der Waals surface area contributed by atoms with Crippen LogP contribution >= 0.6 is 0 Å². The summed E-state index contributed by atoms with van der Waals surface area (Å²) in [4.78, 5) is 14.9. The van der Waals surface area contributed by atoms with Crippen molar-refractivity contribution in [3.05, 3.63) is 108 Å². The average Bonchev–Trinajstić information content (AvgIpc) is 3.18. The van der Waals surface area contributed by atoms with Crippen LogP contribution in [-0.4, -0.2) is 23.7 Å². The average molecular weight is 445 g/mol. The minimum atomic E-state index is -4.21. The Hall–Kier alpha value is -3.94. The highest BCUT2D eigenvalue weighted by molar-refractivity contribution is 7.86. The molecule has 0 fully saturated rings. The molecule has 160 valence electrons. The van der Waals surface area contributed by atoms with Crippen molar-refractivity contribution in [3.8, 4) is 0 Å². The molecule has 0 radical (unpaired) electrons. The van der Waals surface area contributed by atoms with E-state index in [4.69, 9.17) is 10.3 Å². The van der Waals surface area contributed by atoms with E-state index in [0.29, 0.717) is 22.3 Å². The second kappa shape index (κ2) is 8.66. The fourth-order valence-corrected chi connectivity index (χ4v) is 4.18. The predicted molar refractivity (Wildman–Crippen MR) is 126 cm³/mol. The number of carbonyl (C=O) groups is 1. The van der Waals surface area contributed by atoms with Crippen molar-refractivity contribution in [1.82, 2.24) is 4.98 Å². The second-order valence-corrected chi connectivity index (χ2v) is 8.50. The zero-order chi connectivity index (χ0) is 22.7. The minimum Gasteiger partial charge on any atom is -0.398 e. The van der Waals surface area contributed by atoms with Crippen LogP contribution in [0.25, 0.3) is 21.8 Å². The zero-order valence-electron chi connectivity index (χ0n) is 16.9. The topological polar surface area (TPSA) is 113 Å². The van der Waals surface area contributed by atoms with E-state index in [1.165, 1.54) is 6.07 Å². The molecule has 6 nitrogen and oxygen atoms in total. The number of nitrogens with two attached hydrogens (primary N) is 1. The number of rotatable bonds is 3. The Bertz CT molecular complexity index is 1520. The van der Waals surface area contributed by atoms with Gasteiger partial charge in [0.25, 0.3) is 10.1 Å². The first-order valence-electron chi connectivity index (χ1n) is 9.77. The molecule has 0 aliphatic rings. The van der Waals surface area contributed by atoms with Gasteiger partial charge in [-0.3, -0.25) is 9.35 Å². The highest BCUT2D eigenvalue weighted by atomic mass is 32.2. The quantitative estimate of drug-likeness (QED) is 0.204. The van der Waals surface area contributed by atoms with Crippen molar-refractivity contribution in [2.45, 2.75) is 4.90 Å². The number of benzene rings is 4. The molecule has 0 aliphatic heterocycles. The first-order valence-corrected chi connectivity index (χ1v) is 11.2. The molecule has 1 aromatic heterocycles. The van der Waals surface area contributed by atoms with Crippen molar-refractivity contribution < 1.29 is 17.8 Å². The van der Waals surface area contributed by atoms with E-state index in [2.05, 4.69) is 4.98 Å². The summed E-state index contributed by atoms with van der Waals surface area (Å²) in [7, 11) is -4.21. The molecular weight excluding hydrogens is 424 g/mol. The zero-order valence-corrected chi connectivity index (χ0v) is 17.7. The summed E-state index contributed by atoms with van der Waals surface area (Å²) in [5.74, 6) is -0.0336. The molecule has 4 N–H and O–H groups in total. The van der Waals surface area contributed by atoms with Gasteiger partial charge in [-0.15, -0.1) is 0 Å². The van der Waals surface area contributed by atoms with E-state index < -0.39 is 10.1 Å². The summed E-state index contributed by atoms with van der Waals surface area (Å²) >= 11 is 0. The monoisotopic (exact) mass is 444 g/mol. The van der Waals surface area contributed by atoms with Crippen LogP contribution in [0.2, 0.25) is 0 Å². The van der Waals surface area contributed by atoms with Gasteiger partial charge < -0.3 is 10.7 Å². The third kappa shape index (κ3) is 4.25. The number of fused-ring (bicyclic) bond motifs is 3. The summed E-state index contributed by atoms with van der Waals surface area (Å²) in [6.07, 6.45) is 0. The normalized spacial score (nSPS) is 11.2. The molecule has 0 amide bonds. The molecule has 4 aromatic carbocycles. The fourth-order valence-electron chi connectivity index (χ4n) is 3.51. The molecule has 32 heavy (non-hydrogen) atoms. The third-order valence-electron chi connectivity index (χ3n) is 5.02. The Morgan fingerprint density at radius 2 is 1.38 bits per heavy atom. The molecule has 0 saturated heterocycles. The van der Waals surface area contributed by atoms with Crippen LogP contribution < -0.4 is 5.73 Å². The van der Waals surface area contributed by atoms with Crippen LogP contribution in [0.4, 0.5) is 5.69 Å². The lowest BCUT2D eigenvalue weighted by atomic mass is 10.0. The SMILES string of the molecule is Nc1ccccc1C(=O)c1ccccc1.O=S(=O)(O)c1cccc2c1[nH]c1ccccc12. The molecule has 0 atom stereocenters. The number of H-pyrrole nitrogens is 1. The summed E-state index contributed by atoms with van der Waals surface area (Å²) in [5.41, 5.74) is 8.77. The van der Waals surface area contributed by atoms with E-state index in [9.17, 15) is 13.2 Å². The number of aromatic nitrogens is 1. The van der Waals surface area contributed by atoms with E-state index in [0.717, 1.165) is 16.3 Å². The van der Waals surface area contributed by atoms with Crippen molar-refractivity contribution >= 4 is 43.4 Å². The lowest BCUT2D eigenvalue weighted by Gasteiger charge is -2.03. The predicted octanol–water partition coefficient (Wildman–Crippen LogP) is 5.07. The van der Waals surface area contributed by atoms with Crippen molar-refractivity contribution in [2.75, 3.05) is 5.73 Å². The highest BCUT2D eigenvalue weighted by Crippen LogP contribution is 2.29. The van der Waals surface area contributed by atoms with Gasteiger partial charge in [0.2, 0.25) is 0 Å². The van der Waals surface area contributed by atoms with Gasteiger partial charge in [0.1, 0.15) is 4.90 Å². The summed E-state index contributed by atoms with van der Waals surface area (Å²) in [5, 5.41) is 1.73. The molecule has 0 spiro atoms. The number of hydrogen-bond donors (Lipinski definition) is 3. The maximum absolute atomic E-state index is 12.0. The van der Waals surface area contributed by atoms with E-state index in [1.54, 1.807) is 30.3 Å². The van der Waals surface area contributed by atoms with Crippen molar-refractivity contribution in [3.63, 3.8) is 0 Å². The summed E-state index contributed by atoms with van der Waals surface area (Å²) in [6.45, 7) is 0. The fraction of sp³-hybridized carbons (Fsp3) is 0. The Labute approximate surface area is 185 Å². The largest absolute Gasteiger partial charge is 0.398 e.